The number of benzene rings is 2. The highest BCUT2D eigenvalue weighted by atomic mass is 16.5. The van der Waals surface area contributed by atoms with Crippen molar-refractivity contribution in [1.82, 2.24) is 29.6 Å². The van der Waals surface area contributed by atoms with Crippen LogP contribution in [0.1, 0.15) is 34.8 Å². The Bertz CT molecular complexity index is 1260. The smallest absolute Gasteiger partial charge is 0.253 e. The molecule has 1 fully saturated rings. The monoisotopic (exact) mass is 456 g/mol. The summed E-state index contributed by atoms with van der Waals surface area (Å²) in [6, 6.07) is 14.8. The lowest BCUT2D eigenvalue weighted by Crippen LogP contribution is -2.39. The van der Waals surface area contributed by atoms with Gasteiger partial charge in [-0.1, -0.05) is 6.07 Å². The van der Waals surface area contributed by atoms with Crippen LogP contribution in [0.3, 0.4) is 0 Å². The van der Waals surface area contributed by atoms with Gasteiger partial charge in [0.2, 0.25) is 5.88 Å². The minimum Gasteiger partial charge on any atom is -0.497 e. The van der Waals surface area contributed by atoms with Crippen molar-refractivity contribution in [2.45, 2.75) is 18.8 Å². The molecular formula is C25H24N6O3. The predicted octanol–water partition coefficient (Wildman–Crippen LogP) is 3.88. The molecule has 1 aliphatic rings. The van der Waals surface area contributed by atoms with Gasteiger partial charge >= 0.3 is 0 Å². The molecule has 1 saturated heterocycles. The molecule has 172 valence electrons. The molecule has 9 heteroatoms. The number of rotatable bonds is 6. The summed E-state index contributed by atoms with van der Waals surface area (Å²) in [5, 5.41) is 7.68. The van der Waals surface area contributed by atoms with Gasteiger partial charge in [0.1, 0.15) is 29.8 Å². The molecule has 0 bridgehead atoms. The normalized spacial score (nSPS) is 15.7. The minimum atomic E-state index is -0.0128. The fourth-order valence-corrected chi connectivity index (χ4v) is 4.15. The third kappa shape index (κ3) is 4.59. The molecule has 2 aromatic carbocycles. The van der Waals surface area contributed by atoms with E-state index in [4.69, 9.17) is 9.47 Å². The lowest BCUT2D eigenvalue weighted by atomic mass is 9.94. The van der Waals surface area contributed by atoms with E-state index in [2.05, 4.69) is 20.2 Å². The van der Waals surface area contributed by atoms with Crippen molar-refractivity contribution in [1.29, 1.82) is 0 Å². The summed E-state index contributed by atoms with van der Waals surface area (Å²) < 4.78 is 13.0. The molecule has 3 heterocycles. The number of methoxy groups -OCH3 is 1. The fourth-order valence-electron chi connectivity index (χ4n) is 4.15. The van der Waals surface area contributed by atoms with Crippen molar-refractivity contribution in [2.24, 2.45) is 0 Å². The number of ether oxygens (including phenoxy) is 2. The zero-order valence-electron chi connectivity index (χ0n) is 18.7. The molecule has 1 atom stereocenters. The van der Waals surface area contributed by atoms with Crippen LogP contribution in [0, 0.1) is 0 Å². The number of likely N-dealkylation sites (tertiary alicyclic amines) is 1. The average Bonchev–Trinajstić information content (AvgIpc) is 3.44. The van der Waals surface area contributed by atoms with Crippen LogP contribution >= 0.6 is 0 Å². The van der Waals surface area contributed by atoms with Crippen molar-refractivity contribution in [3.8, 4) is 23.1 Å². The molecule has 0 unspecified atom stereocenters. The van der Waals surface area contributed by atoms with E-state index < -0.39 is 0 Å². The van der Waals surface area contributed by atoms with Gasteiger partial charge in [-0.15, -0.1) is 10.2 Å². The number of amides is 1. The van der Waals surface area contributed by atoms with Gasteiger partial charge in [-0.25, -0.2) is 4.98 Å². The first-order valence-electron chi connectivity index (χ1n) is 11.1. The molecule has 4 aromatic rings. The Kier molecular flexibility index (Phi) is 6.15. The van der Waals surface area contributed by atoms with Crippen LogP contribution < -0.4 is 9.47 Å². The number of piperidine rings is 1. The number of aromatic nitrogens is 5. The van der Waals surface area contributed by atoms with Crippen molar-refractivity contribution in [3.05, 3.63) is 84.8 Å². The summed E-state index contributed by atoms with van der Waals surface area (Å²) >= 11 is 0. The highest BCUT2D eigenvalue weighted by Gasteiger charge is 2.29. The molecule has 0 N–H and O–H groups in total. The van der Waals surface area contributed by atoms with E-state index >= 15 is 0 Å². The van der Waals surface area contributed by atoms with Crippen molar-refractivity contribution >= 4 is 5.91 Å². The minimum absolute atomic E-state index is 0.0128. The van der Waals surface area contributed by atoms with Crippen LogP contribution in [0.25, 0.3) is 5.69 Å². The van der Waals surface area contributed by atoms with Crippen molar-refractivity contribution < 1.29 is 14.3 Å². The second kappa shape index (κ2) is 9.70. The number of nitrogens with zero attached hydrogens (tertiary/aromatic N) is 6. The second-order valence-corrected chi connectivity index (χ2v) is 8.03. The first kappa shape index (κ1) is 21.6. The van der Waals surface area contributed by atoms with Crippen LogP contribution in [0.4, 0.5) is 0 Å². The summed E-state index contributed by atoms with van der Waals surface area (Å²) in [5.74, 6) is 1.88. The van der Waals surface area contributed by atoms with Crippen LogP contribution in [0.5, 0.6) is 17.4 Å². The largest absolute Gasteiger partial charge is 0.497 e. The Hall–Kier alpha value is -4.27. The first-order chi connectivity index (χ1) is 16.7. The van der Waals surface area contributed by atoms with Gasteiger partial charge in [0.15, 0.2) is 0 Å². The number of hydrogen-bond donors (Lipinski definition) is 0. The Morgan fingerprint density at radius 3 is 2.56 bits per heavy atom. The van der Waals surface area contributed by atoms with Gasteiger partial charge in [-0.2, -0.15) is 0 Å². The molecule has 0 spiro atoms. The van der Waals surface area contributed by atoms with Crippen LogP contribution in [0.2, 0.25) is 0 Å². The van der Waals surface area contributed by atoms with E-state index in [1.54, 1.807) is 36.7 Å². The number of hydrogen-bond acceptors (Lipinski definition) is 7. The second-order valence-electron chi connectivity index (χ2n) is 8.03. The van der Waals surface area contributed by atoms with E-state index in [1.807, 2.05) is 53.4 Å². The molecule has 0 radical (unpaired) electrons. The molecule has 34 heavy (non-hydrogen) atoms. The maximum atomic E-state index is 13.3. The van der Waals surface area contributed by atoms with E-state index in [9.17, 15) is 4.79 Å². The third-order valence-electron chi connectivity index (χ3n) is 5.87. The summed E-state index contributed by atoms with van der Waals surface area (Å²) in [6.07, 6.45) is 8.28. The number of carbonyl (C=O) groups is 1. The standard InChI is InChI=1S/C25H24N6O3/c1-33-21-7-9-22(10-8-21)34-24-23(26-11-12-27-24)19-5-3-13-30(15-19)25(32)18-4-2-6-20(14-18)31-16-28-29-17-31/h2,4,6-12,14,16-17,19H,3,5,13,15H2,1H3/t19-/m0/s1. The predicted molar refractivity (Wildman–Crippen MR) is 124 cm³/mol. The van der Waals surface area contributed by atoms with E-state index in [0.29, 0.717) is 30.3 Å². The van der Waals surface area contributed by atoms with Crippen molar-refractivity contribution in [2.75, 3.05) is 20.2 Å². The maximum Gasteiger partial charge on any atom is 0.253 e. The summed E-state index contributed by atoms with van der Waals surface area (Å²) in [7, 11) is 1.62. The van der Waals surface area contributed by atoms with Crippen LogP contribution in [0.15, 0.2) is 73.6 Å². The molecule has 5 rings (SSSR count). The van der Waals surface area contributed by atoms with Gasteiger partial charge < -0.3 is 14.4 Å². The average molecular weight is 457 g/mol. The lowest BCUT2D eigenvalue weighted by Gasteiger charge is -2.33. The lowest BCUT2D eigenvalue weighted by molar-refractivity contribution is 0.0704. The Morgan fingerprint density at radius 1 is 1.00 bits per heavy atom. The summed E-state index contributed by atoms with van der Waals surface area (Å²) in [6.45, 7) is 1.24. The van der Waals surface area contributed by atoms with Crippen LogP contribution in [-0.2, 0) is 0 Å². The van der Waals surface area contributed by atoms with Gasteiger partial charge in [0.05, 0.1) is 7.11 Å². The zero-order chi connectivity index (χ0) is 23.3. The quantitative estimate of drug-likeness (QED) is 0.434. The van der Waals surface area contributed by atoms with E-state index in [-0.39, 0.29) is 11.8 Å². The molecule has 0 saturated carbocycles. The molecule has 0 aliphatic carbocycles. The SMILES string of the molecule is COc1ccc(Oc2nccnc2[C@H]2CCCN(C(=O)c3cccc(-n4cnnc4)c3)C2)cc1. The van der Waals surface area contributed by atoms with E-state index in [0.717, 1.165) is 30.0 Å². The summed E-state index contributed by atoms with van der Waals surface area (Å²) in [4.78, 5) is 24.2. The van der Waals surface area contributed by atoms with Gasteiger partial charge in [-0.05, 0) is 55.3 Å². The van der Waals surface area contributed by atoms with Gasteiger partial charge in [0, 0.05) is 42.7 Å². The van der Waals surface area contributed by atoms with E-state index in [1.165, 1.54) is 0 Å². The Balaban J connectivity index is 1.34. The Labute approximate surface area is 197 Å². The summed E-state index contributed by atoms with van der Waals surface area (Å²) in [5.41, 5.74) is 2.23. The van der Waals surface area contributed by atoms with Gasteiger partial charge in [0.25, 0.3) is 5.91 Å². The molecule has 1 amide bonds. The third-order valence-corrected chi connectivity index (χ3v) is 5.87. The number of carbonyl (C=O) groups excluding carboxylic acids is 1. The Morgan fingerprint density at radius 2 is 1.76 bits per heavy atom. The van der Waals surface area contributed by atoms with Crippen LogP contribution in [-0.4, -0.2) is 55.7 Å². The molecule has 2 aromatic heterocycles. The topological polar surface area (TPSA) is 95.3 Å². The highest BCUT2D eigenvalue weighted by molar-refractivity contribution is 5.94. The van der Waals surface area contributed by atoms with Crippen molar-refractivity contribution in [3.63, 3.8) is 0 Å². The zero-order valence-corrected chi connectivity index (χ0v) is 18.7. The maximum absolute atomic E-state index is 13.3. The molecule has 1 aliphatic heterocycles. The molecular weight excluding hydrogens is 432 g/mol. The first-order valence-corrected chi connectivity index (χ1v) is 11.1. The fraction of sp³-hybridized carbons (Fsp3) is 0.240. The van der Waals surface area contributed by atoms with Gasteiger partial charge in [-0.3, -0.25) is 14.3 Å². The molecule has 9 nitrogen and oxygen atoms in total. The highest BCUT2D eigenvalue weighted by Crippen LogP contribution is 2.33.